The Labute approximate surface area is 180 Å². The van der Waals surface area contributed by atoms with Gasteiger partial charge in [0, 0.05) is 23.4 Å². The predicted molar refractivity (Wildman–Crippen MR) is 109 cm³/mol. The van der Waals surface area contributed by atoms with Crippen molar-refractivity contribution < 1.29 is 19.8 Å². The van der Waals surface area contributed by atoms with Crippen LogP contribution in [0.25, 0.3) is 0 Å². The maximum atomic E-state index is 9.90. The third-order valence-corrected chi connectivity index (χ3v) is 4.98. The summed E-state index contributed by atoms with van der Waals surface area (Å²) in [5.74, 6) is -1.27. The molecular formula is C18H34O4S2Sn. The van der Waals surface area contributed by atoms with Crippen molar-refractivity contribution in [3.63, 3.8) is 0 Å². The van der Waals surface area contributed by atoms with Crippen LogP contribution < -0.4 is 10.2 Å². The van der Waals surface area contributed by atoms with Crippen molar-refractivity contribution in [3.8, 4) is 0 Å². The van der Waals surface area contributed by atoms with Crippen molar-refractivity contribution in [2.75, 3.05) is 11.5 Å². The molecule has 0 aliphatic carbocycles. The molecule has 0 rings (SSSR count). The van der Waals surface area contributed by atoms with Gasteiger partial charge in [-0.2, -0.15) is 0 Å². The third-order valence-electron chi connectivity index (χ3n) is 2.57. The normalized spacial score (nSPS) is 8.96. The van der Waals surface area contributed by atoms with E-state index in [1.807, 2.05) is 0 Å². The average Bonchev–Trinajstić information content (AvgIpc) is 2.55. The van der Waals surface area contributed by atoms with E-state index in [1.165, 1.54) is 60.1 Å². The molecule has 0 aromatic heterocycles. The molecule has 0 aliphatic heterocycles. The second kappa shape index (κ2) is 32.1. The number of hydrogen-bond donors (Lipinski definition) is 0. The molecule has 0 unspecified atom stereocenters. The fraction of sp³-hybridized carbons (Fsp3) is 0.778. The van der Waals surface area contributed by atoms with E-state index in [2.05, 4.69) is 27.7 Å². The topological polar surface area (TPSA) is 80.3 Å². The molecule has 0 heterocycles. The molecule has 7 heteroatoms. The molecule has 0 aromatic carbocycles. The van der Waals surface area contributed by atoms with E-state index >= 15 is 0 Å². The van der Waals surface area contributed by atoms with Crippen LogP contribution in [0.15, 0.2) is 0 Å². The largest absolute Gasteiger partial charge is 2.00 e. The number of unbranched alkanes of at least 4 members (excludes halogenated alkanes) is 6. The summed E-state index contributed by atoms with van der Waals surface area (Å²) in [6.45, 7) is 11.9. The Kier molecular flexibility index (Phi) is 42.5. The fourth-order valence-corrected chi connectivity index (χ4v) is 3.16. The number of carboxylic acid groups (broad SMARTS) is 2. The first-order valence-corrected chi connectivity index (χ1v) is 11.2. The van der Waals surface area contributed by atoms with Crippen molar-refractivity contribution in [2.45, 2.75) is 78.1 Å². The Balaban J connectivity index is -0.000000144. The quantitative estimate of drug-likeness (QED) is 0.221. The Morgan fingerprint density at radius 2 is 1.08 bits per heavy atom. The molecule has 146 valence electrons. The zero-order chi connectivity index (χ0) is 19.1. The summed E-state index contributed by atoms with van der Waals surface area (Å²) in [7, 11) is 2.66. The van der Waals surface area contributed by atoms with Crippen molar-refractivity contribution in [1.82, 2.24) is 0 Å². The molecule has 0 saturated carbocycles. The third kappa shape index (κ3) is 51.6. The zero-order valence-corrected chi connectivity index (χ0v) is 20.3. The Morgan fingerprint density at radius 1 is 0.760 bits per heavy atom. The van der Waals surface area contributed by atoms with E-state index in [1.54, 1.807) is 0 Å². The molecule has 0 spiro atoms. The number of carbonyl (C=O) groups excluding carboxylic acids is 2. The van der Waals surface area contributed by atoms with E-state index in [0.29, 0.717) is 11.5 Å². The molecule has 0 aromatic rings. The Morgan fingerprint density at radius 3 is 1.24 bits per heavy atom. The number of carboxylic acids is 2. The zero-order valence-electron chi connectivity index (χ0n) is 15.8. The van der Waals surface area contributed by atoms with Gasteiger partial charge < -0.3 is 19.8 Å². The van der Waals surface area contributed by atoms with Gasteiger partial charge in [0.05, 0.1) is 0 Å². The molecule has 0 amide bonds. The van der Waals surface area contributed by atoms with Gasteiger partial charge in [0.15, 0.2) is 0 Å². The van der Waals surface area contributed by atoms with Crippen LogP contribution in [0.3, 0.4) is 0 Å². The molecule has 0 bridgehead atoms. The average molecular weight is 497 g/mol. The minimum Gasteiger partial charge on any atom is -0.550 e. The summed E-state index contributed by atoms with van der Waals surface area (Å²) in [5, 5.41) is 19.8. The van der Waals surface area contributed by atoms with E-state index in [4.69, 9.17) is 0 Å². The summed E-state index contributed by atoms with van der Waals surface area (Å²) < 4.78 is 0. The molecule has 0 N–H and O–H groups in total. The van der Waals surface area contributed by atoms with Gasteiger partial charge in [0.2, 0.25) is 0 Å². The van der Waals surface area contributed by atoms with E-state index < -0.39 is 11.9 Å². The van der Waals surface area contributed by atoms with E-state index in [9.17, 15) is 19.8 Å². The number of hydrogen-bond acceptors (Lipinski definition) is 6. The standard InChI is InChI=1S/C6H10O4S2.2C6H13.Sn/c7-5(8)1-3-11-12-4-2-6(9)10;2*1-3-5-6-4-2;/h1-4H2,(H,7,8)(H,9,10);2*1,3-6H2,2H3;/q;;;+2/p-2. The molecule has 0 aliphatic rings. The first-order valence-electron chi connectivity index (χ1n) is 8.68. The number of carbonyl (C=O) groups is 2. The smallest absolute Gasteiger partial charge is 0.550 e. The molecule has 4 radical (unpaired) electrons. The van der Waals surface area contributed by atoms with E-state index in [-0.39, 0.29) is 36.7 Å². The minimum absolute atomic E-state index is 0. The van der Waals surface area contributed by atoms with Crippen LogP contribution in [0.5, 0.6) is 0 Å². The fourth-order valence-electron chi connectivity index (χ4n) is 1.22. The first kappa shape index (κ1) is 33.1. The van der Waals surface area contributed by atoms with Gasteiger partial charge in [-0.25, -0.2) is 0 Å². The molecule has 0 atom stereocenters. The molecule has 0 fully saturated rings. The predicted octanol–water partition coefficient (Wildman–Crippen LogP) is 3.07. The van der Waals surface area contributed by atoms with Crippen LogP contribution in [-0.2, 0) is 9.59 Å². The van der Waals surface area contributed by atoms with Gasteiger partial charge >= 0.3 is 23.9 Å². The SMILES string of the molecule is O=C([O-])CCSSCCC(=O)[O-].[CH2]CCCCC.[CH2]CCCCC.[Sn+2]. The van der Waals surface area contributed by atoms with Crippen LogP contribution in [0, 0.1) is 13.8 Å². The van der Waals surface area contributed by atoms with Crippen LogP contribution in [0.2, 0.25) is 0 Å². The van der Waals surface area contributed by atoms with Crippen molar-refractivity contribution >= 4 is 57.4 Å². The van der Waals surface area contributed by atoms with Gasteiger partial charge in [-0.1, -0.05) is 101 Å². The monoisotopic (exact) mass is 498 g/mol. The Hall–Kier alpha value is 0.439. The second-order valence-corrected chi connectivity index (χ2v) is 7.71. The van der Waals surface area contributed by atoms with Gasteiger partial charge in [-0.05, 0) is 12.8 Å². The molecule has 0 saturated heterocycles. The molecule has 25 heavy (non-hydrogen) atoms. The second-order valence-electron chi connectivity index (χ2n) is 5.01. The summed E-state index contributed by atoms with van der Waals surface area (Å²) in [5.41, 5.74) is 0. The van der Waals surface area contributed by atoms with Crippen LogP contribution in [0.1, 0.15) is 78.1 Å². The summed E-state index contributed by atoms with van der Waals surface area (Å²) >= 11 is 0. The van der Waals surface area contributed by atoms with Crippen LogP contribution in [-0.4, -0.2) is 47.4 Å². The van der Waals surface area contributed by atoms with E-state index in [0.717, 1.165) is 12.8 Å². The number of aliphatic carboxylic acids is 2. The van der Waals surface area contributed by atoms with Gasteiger partial charge in [-0.15, -0.1) is 0 Å². The number of rotatable bonds is 13. The van der Waals surface area contributed by atoms with Crippen molar-refractivity contribution in [3.05, 3.63) is 13.8 Å². The summed E-state index contributed by atoms with van der Waals surface area (Å²) in [6.07, 6.45) is 10.2. The minimum atomic E-state index is -1.08. The molecular weight excluding hydrogens is 463 g/mol. The van der Waals surface area contributed by atoms with Gasteiger partial charge in [0.1, 0.15) is 0 Å². The van der Waals surface area contributed by atoms with Crippen molar-refractivity contribution in [1.29, 1.82) is 0 Å². The first-order chi connectivity index (χ1) is 11.5. The van der Waals surface area contributed by atoms with Crippen LogP contribution >= 0.6 is 21.6 Å². The van der Waals surface area contributed by atoms with Gasteiger partial charge in [-0.3, -0.25) is 0 Å². The summed E-state index contributed by atoms with van der Waals surface area (Å²) in [6, 6.07) is 0. The maximum absolute atomic E-state index is 9.90. The van der Waals surface area contributed by atoms with Gasteiger partial charge in [0.25, 0.3) is 0 Å². The van der Waals surface area contributed by atoms with Crippen LogP contribution in [0.4, 0.5) is 0 Å². The van der Waals surface area contributed by atoms with Crippen molar-refractivity contribution in [2.24, 2.45) is 0 Å². The summed E-state index contributed by atoms with van der Waals surface area (Å²) in [4.78, 5) is 19.8. The maximum Gasteiger partial charge on any atom is 2.00 e. The molecule has 4 nitrogen and oxygen atoms in total. The Bertz CT molecular complexity index is 233.